The summed E-state index contributed by atoms with van der Waals surface area (Å²) in [6, 6.07) is 2.83. The smallest absolute Gasteiger partial charge is 0.377 e. The van der Waals surface area contributed by atoms with Crippen molar-refractivity contribution >= 4 is 12.2 Å². The maximum absolute atomic E-state index is 10.00. The summed E-state index contributed by atoms with van der Waals surface area (Å²) in [6.07, 6.45) is 9.44. The molecule has 0 radical (unpaired) electrons. The van der Waals surface area contributed by atoms with Crippen LogP contribution in [-0.2, 0) is 6.42 Å². The number of amidine groups is 1. The van der Waals surface area contributed by atoms with Crippen molar-refractivity contribution in [3.05, 3.63) is 29.3 Å². The second-order valence-electron chi connectivity index (χ2n) is 5.83. The fraction of sp³-hybridized carbons (Fsp3) is 0.529. The van der Waals surface area contributed by atoms with Crippen LogP contribution in [0.1, 0.15) is 56.6 Å². The molecule has 0 spiro atoms. The number of aryl methyl sites for hydroxylation is 1. The number of hydrogen-bond acceptors (Lipinski definition) is 6. The van der Waals surface area contributed by atoms with Crippen molar-refractivity contribution < 1.29 is 15.3 Å². The minimum absolute atomic E-state index is 0.0362. The summed E-state index contributed by atoms with van der Waals surface area (Å²) in [4.78, 5) is 7.06. The minimum Gasteiger partial charge on any atom is -0.507 e. The van der Waals surface area contributed by atoms with E-state index in [0.717, 1.165) is 24.7 Å². The highest BCUT2D eigenvalue weighted by molar-refractivity contribution is 6.07. The molecule has 0 atom stereocenters. The zero-order chi connectivity index (χ0) is 16.7. The first-order valence-electron chi connectivity index (χ1n) is 8.19. The molecule has 2 rings (SSSR count). The number of aliphatic hydroxyl groups is 2. The maximum Gasteiger partial charge on any atom is 0.377 e. The number of phenolic OH excluding ortho intramolecular Hbond substituents is 1. The third-order valence-corrected chi connectivity index (χ3v) is 3.84. The molecule has 1 heterocycles. The van der Waals surface area contributed by atoms with Crippen molar-refractivity contribution in [1.29, 1.82) is 0 Å². The quantitative estimate of drug-likeness (QED) is 0.436. The van der Waals surface area contributed by atoms with Gasteiger partial charge in [-0.25, -0.2) is 0 Å². The van der Waals surface area contributed by atoms with Gasteiger partial charge < -0.3 is 20.6 Å². The van der Waals surface area contributed by atoms with E-state index >= 15 is 0 Å². The topological polar surface area (TPSA) is 97.4 Å². The molecule has 1 aromatic carbocycles. The van der Waals surface area contributed by atoms with Gasteiger partial charge in [-0.05, 0) is 30.5 Å². The van der Waals surface area contributed by atoms with Gasteiger partial charge in [0.1, 0.15) is 11.6 Å². The number of aliphatic imine (C=N–C) groups is 2. The Morgan fingerprint density at radius 1 is 1.09 bits per heavy atom. The highest BCUT2D eigenvalue weighted by Crippen LogP contribution is 2.22. The van der Waals surface area contributed by atoms with Crippen LogP contribution in [0.15, 0.2) is 28.2 Å². The SMILES string of the molecule is CCCCCCCCc1ccc(O)c(C2=NC(O)(O)N=CN2)c1. The number of hydrogen-bond donors (Lipinski definition) is 4. The molecule has 0 saturated carbocycles. The van der Waals surface area contributed by atoms with E-state index in [0.29, 0.717) is 5.56 Å². The molecule has 0 fully saturated rings. The van der Waals surface area contributed by atoms with Crippen molar-refractivity contribution in [3.63, 3.8) is 0 Å². The van der Waals surface area contributed by atoms with Crippen LogP contribution in [0.5, 0.6) is 5.75 Å². The third-order valence-electron chi connectivity index (χ3n) is 3.84. The second kappa shape index (κ2) is 8.08. The van der Waals surface area contributed by atoms with Gasteiger partial charge in [0.15, 0.2) is 0 Å². The highest BCUT2D eigenvalue weighted by Gasteiger charge is 2.25. The van der Waals surface area contributed by atoms with Gasteiger partial charge in [-0.1, -0.05) is 45.1 Å². The fourth-order valence-electron chi connectivity index (χ4n) is 2.57. The Kier molecular flexibility index (Phi) is 6.12. The molecule has 1 aliphatic heterocycles. The molecular weight excluding hydrogens is 294 g/mol. The monoisotopic (exact) mass is 319 g/mol. The largest absolute Gasteiger partial charge is 0.507 e. The summed E-state index contributed by atoms with van der Waals surface area (Å²) in [5, 5.41) is 31.6. The first kappa shape index (κ1) is 17.4. The molecule has 0 aliphatic carbocycles. The van der Waals surface area contributed by atoms with Crippen LogP contribution in [0.3, 0.4) is 0 Å². The Morgan fingerprint density at radius 2 is 1.83 bits per heavy atom. The van der Waals surface area contributed by atoms with Crippen LogP contribution in [-0.4, -0.2) is 33.5 Å². The molecule has 0 aromatic heterocycles. The van der Waals surface area contributed by atoms with E-state index in [-0.39, 0.29) is 11.6 Å². The van der Waals surface area contributed by atoms with Crippen molar-refractivity contribution in [2.24, 2.45) is 9.98 Å². The fourth-order valence-corrected chi connectivity index (χ4v) is 2.57. The average molecular weight is 319 g/mol. The molecule has 126 valence electrons. The van der Waals surface area contributed by atoms with Crippen LogP contribution >= 0.6 is 0 Å². The van der Waals surface area contributed by atoms with Gasteiger partial charge in [-0.2, -0.15) is 9.98 Å². The predicted molar refractivity (Wildman–Crippen MR) is 90.5 cm³/mol. The summed E-state index contributed by atoms with van der Waals surface area (Å²) >= 11 is 0. The van der Waals surface area contributed by atoms with Gasteiger partial charge in [-0.15, -0.1) is 0 Å². The molecule has 23 heavy (non-hydrogen) atoms. The number of nitrogens with zero attached hydrogens (tertiary/aromatic N) is 2. The number of rotatable bonds is 8. The summed E-state index contributed by atoms with van der Waals surface area (Å²) in [5.41, 5.74) is 1.52. The van der Waals surface area contributed by atoms with Gasteiger partial charge in [0.05, 0.1) is 11.9 Å². The number of aromatic hydroxyl groups is 1. The van der Waals surface area contributed by atoms with Gasteiger partial charge in [0.25, 0.3) is 0 Å². The van der Waals surface area contributed by atoms with Crippen molar-refractivity contribution in [1.82, 2.24) is 5.32 Å². The third kappa shape index (κ3) is 5.33. The lowest BCUT2D eigenvalue weighted by Gasteiger charge is -2.19. The van der Waals surface area contributed by atoms with Crippen molar-refractivity contribution in [3.8, 4) is 5.75 Å². The van der Waals surface area contributed by atoms with E-state index in [4.69, 9.17) is 0 Å². The summed E-state index contributed by atoms with van der Waals surface area (Å²) in [6.45, 7) is 2.21. The van der Waals surface area contributed by atoms with E-state index in [1.807, 2.05) is 12.1 Å². The normalized spacial score (nSPS) is 16.0. The number of nitrogens with one attached hydrogen (secondary N) is 1. The maximum atomic E-state index is 10.00. The van der Waals surface area contributed by atoms with E-state index in [1.54, 1.807) is 6.07 Å². The van der Waals surface area contributed by atoms with E-state index in [9.17, 15) is 15.3 Å². The van der Waals surface area contributed by atoms with Crippen LogP contribution < -0.4 is 5.32 Å². The minimum atomic E-state index is -2.48. The van der Waals surface area contributed by atoms with Crippen molar-refractivity contribution in [2.45, 2.75) is 57.9 Å². The number of benzene rings is 1. The molecule has 6 heteroatoms. The lowest BCUT2D eigenvalue weighted by molar-refractivity contribution is -0.145. The Hall–Kier alpha value is -1.92. The molecule has 1 aliphatic rings. The summed E-state index contributed by atoms with van der Waals surface area (Å²) in [5.74, 6) is 0.223. The number of unbranched alkanes of at least 4 members (excludes halogenated alkanes) is 5. The van der Waals surface area contributed by atoms with Crippen LogP contribution in [0.25, 0.3) is 0 Å². The predicted octanol–water partition coefficient (Wildman–Crippen LogP) is 2.27. The van der Waals surface area contributed by atoms with E-state index in [2.05, 4.69) is 22.2 Å². The summed E-state index contributed by atoms with van der Waals surface area (Å²) in [7, 11) is 0. The van der Waals surface area contributed by atoms with E-state index < -0.39 is 6.03 Å². The molecule has 1 aromatic rings. The van der Waals surface area contributed by atoms with Crippen LogP contribution in [0.4, 0.5) is 0 Å². The first-order valence-corrected chi connectivity index (χ1v) is 8.19. The van der Waals surface area contributed by atoms with Crippen LogP contribution in [0, 0.1) is 0 Å². The van der Waals surface area contributed by atoms with Gasteiger partial charge in [0, 0.05) is 0 Å². The molecule has 4 N–H and O–H groups in total. The molecule has 0 unspecified atom stereocenters. The van der Waals surface area contributed by atoms with Crippen LogP contribution in [0.2, 0.25) is 0 Å². The Balaban J connectivity index is 1.98. The zero-order valence-electron chi connectivity index (χ0n) is 13.5. The Bertz CT molecular complexity index is 582. The molecule has 6 nitrogen and oxygen atoms in total. The molecule has 0 amide bonds. The first-order chi connectivity index (χ1) is 11.0. The van der Waals surface area contributed by atoms with Gasteiger partial charge in [-0.3, -0.25) is 0 Å². The lowest BCUT2D eigenvalue weighted by Crippen LogP contribution is -2.36. The highest BCUT2D eigenvalue weighted by atomic mass is 16.5. The molecular formula is C17H25N3O3. The zero-order valence-corrected chi connectivity index (χ0v) is 13.5. The average Bonchev–Trinajstić information content (AvgIpc) is 2.51. The number of phenols is 1. The van der Waals surface area contributed by atoms with Gasteiger partial charge >= 0.3 is 6.03 Å². The van der Waals surface area contributed by atoms with Gasteiger partial charge in [0.2, 0.25) is 0 Å². The van der Waals surface area contributed by atoms with Crippen molar-refractivity contribution in [2.75, 3.05) is 0 Å². The Morgan fingerprint density at radius 3 is 2.57 bits per heavy atom. The second-order valence-corrected chi connectivity index (χ2v) is 5.83. The lowest BCUT2D eigenvalue weighted by atomic mass is 10.0. The van der Waals surface area contributed by atoms with E-state index in [1.165, 1.54) is 32.1 Å². The standard InChI is InChI=1S/C17H25N3O3/c1-2-3-4-5-6-7-8-13-9-10-15(21)14(11-13)16-18-12-19-17(22,23)20-16/h9-12,21-23H,2-8H2,1H3,(H,18,19,20). The molecule has 0 saturated heterocycles. The summed E-state index contributed by atoms with van der Waals surface area (Å²) < 4.78 is 0. The Labute approximate surface area is 136 Å². The molecule has 0 bridgehead atoms.